The SMILES string of the molecule is CCc1ncc(Cc2ccc3oc4ccccc4c3c2)c2cc(OC)c(OC)cc12. The maximum absolute atomic E-state index is 5.97. The Kier molecular flexibility index (Phi) is 4.55. The van der Waals surface area contributed by atoms with Gasteiger partial charge in [-0.05, 0) is 59.7 Å². The fourth-order valence-corrected chi connectivity index (χ4v) is 4.20. The van der Waals surface area contributed by atoms with E-state index in [1.54, 1.807) is 14.2 Å². The Morgan fingerprint density at radius 1 is 0.800 bits per heavy atom. The molecular formula is C26H23NO3. The number of ether oxygens (including phenoxy) is 2. The minimum atomic E-state index is 0.727. The first-order chi connectivity index (χ1) is 14.7. The van der Waals surface area contributed by atoms with E-state index in [1.165, 1.54) is 5.56 Å². The van der Waals surface area contributed by atoms with Crippen molar-refractivity contribution in [3.8, 4) is 11.5 Å². The summed E-state index contributed by atoms with van der Waals surface area (Å²) in [6, 6.07) is 18.7. The molecule has 5 aromatic rings. The predicted molar refractivity (Wildman–Crippen MR) is 121 cm³/mol. The zero-order valence-electron chi connectivity index (χ0n) is 17.4. The third-order valence-electron chi connectivity index (χ3n) is 5.73. The summed E-state index contributed by atoms with van der Waals surface area (Å²) in [5.41, 5.74) is 5.27. The highest BCUT2D eigenvalue weighted by Crippen LogP contribution is 2.36. The van der Waals surface area contributed by atoms with Crippen LogP contribution < -0.4 is 9.47 Å². The summed E-state index contributed by atoms with van der Waals surface area (Å²) in [5.74, 6) is 1.46. The number of fused-ring (bicyclic) bond motifs is 4. The van der Waals surface area contributed by atoms with E-state index in [2.05, 4.69) is 37.3 Å². The molecule has 0 unspecified atom stereocenters. The molecule has 0 radical (unpaired) electrons. The zero-order chi connectivity index (χ0) is 20.7. The molecule has 2 heterocycles. The normalized spacial score (nSPS) is 11.4. The highest BCUT2D eigenvalue weighted by molar-refractivity contribution is 6.05. The maximum atomic E-state index is 5.97. The third-order valence-corrected chi connectivity index (χ3v) is 5.73. The molecule has 30 heavy (non-hydrogen) atoms. The van der Waals surface area contributed by atoms with Gasteiger partial charge in [-0.25, -0.2) is 0 Å². The van der Waals surface area contributed by atoms with Gasteiger partial charge in [0, 0.05) is 28.0 Å². The van der Waals surface area contributed by atoms with Gasteiger partial charge in [0.15, 0.2) is 11.5 Å². The largest absolute Gasteiger partial charge is 0.493 e. The summed E-state index contributed by atoms with van der Waals surface area (Å²) < 4.78 is 17.1. The van der Waals surface area contributed by atoms with E-state index in [0.717, 1.165) is 68.3 Å². The lowest BCUT2D eigenvalue weighted by molar-refractivity contribution is 0.356. The standard InChI is InChI=1S/C26H23NO3/c1-4-22-20-14-26(29-3)25(28-2)13-19(20)17(15-27-22)11-16-9-10-24-21(12-16)18-7-5-6-8-23(18)30-24/h5-10,12-15H,4,11H2,1-3H3. The van der Waals surface area contributed by atoms with Crippen LogP contribution in [0, 0.1) is 0 Å². The van der Waals surface area contributed by atoms with E-state index in [4.69, 9.17) is 18.9 Å². The van der Waals surface area contributed by atoms with Gasteiger partial charge in [0.25, 0.3) is 0 Å². The summed E-state index contributed by atoms with van der Waals surface area (Å²) in [6.45, 7) is 2.12. The molecule has 4 heteroatoms. The number of aromatic nitrogens is 1. The van der Waals surface area contributed by atoms with Crippen LogP contribution in [0.2, 0.25) is 0 Å². The van der Waals surface area contributed by atoms with Crippen LogP contribution in [0.15, 0.2) is 65.2 Å². The van der Waals surface area contributed by atoms with Crippen molar-refractivity contribution in [2.75, 3.05) is 14.2 Å². The molecule has 5 rings (SSSR count). The number of aryl methyl sites for hydroxylation is 1. The number of pyridine rings is 1. The second-order valence-electron chi connectivity index (χ2n) is 7.44. The van der Waals surface area contributed by atoms with E-state index in [1.807, 2.05) is 30.5 Å². The fourth-order valence-electron chi connectivity index (χ4n) is 4.20. The quantitative estimate of drug-likeness (QED) is 0.349. The molecular weight excluding hydrogens is 374 g/mol. The van der Waals surface area contributed by atoms with E-state index >= 15 is 0 Å². The number of benzene rings is 3. The summed E-state index contributed by atoms with van der Waals surface area (Å²) in [7, 11) is 3.33. The molecule has 0 aliphatic heterocycles. The van der Waals surface area contributed by atoms with Gasteiger partial charge in [0.2, 0.25) is 0 Å². The fraction of sp³-hybridized carbons (Fsp3) is 0.192. The van der Waals surface area contributed by atoms with Gasteiger partial charge in [0.1, 0.15) is 11.2 Å². The molecule has 0 bridgehead atoms. The Hall–Kier alpha value is -3.53. The van der Waals surface area contributed by atoms with E-state index in [9.17, 15) is 0 Å². The van der Waals surface area contributed by atoms with Crippen LogP contribution in [-0.4, -0.2) is 19.2 Å². The smallest absolute Gasteiger partial charge is 0.161 e. The molecule has 3 aromatic carbocycles. The highest BCUT2D eigenvalue weighted by atomic mass is 16.5. The minimum absolute atomic E-state index is 0.727. The van der Waals surface area contributed by atoms with Gasteiger partial charge in [0.05, 0.1) is 14.2 Å². The molecule has 0 amide bonds. The van der Waals surface area contributed by atoms with Crippen LogP contribution >= 0.6 is 0 Å². The number of hydrogen-bond donors (Lipinski definition) is 0. The van der Waals surface area contributed by atoms with Crippen LogP contribution in [0.5, 0.6) is 11.5 Å². The summed E-state index contributed by atoms with van der Waals surface area (Å²) in [5, 5.41) is 4.55. The Bertz CT molecular complexity index is 1380. The molecule has 0 aliphatic rings. The molecule has 2 aromatic heterocycles. The third kappa shape index (κ3) is 2.96. The van der Waals surface area contributed by atoms with Crippen molar-refractivity contribution in [2.45, 2.75) is 19.8 Å². The van der Waals surface area contributed by atoms with Gasteiger partial charge >= 0.3 is 0 Å². The topological polar surface area (TPSA) is 44.5 Å². The van der Waals surface area contributed by atoms with Crippen molar-refractivity contribution in [2.24, 2.45) is 0 Å². The average Bonchev–Trinajstić information content (AvgIpc) is 3.16. The van der Waals surface area contributed by atoms with Crippen LogP contribution in [0.25, 0.3) is 32.7 Å². The number of nitrogens with zero attached hydrogens (tertiary/aromatic N) is 1. The zero-order valence-corrected chi connectivity index (χ0v) is 17.4. The van der Waals surface area contributed by atoms with E-state index < -0.39 is 0 Å². The Morgan fingerprint density at radius 3 is 2.30 bits per heavy atom. The van der Waals surface area contributed by atoms with Crippen molar-refractivity contribution in [1.29, 1.82) is 0 Å². The molecule has 0 saturated heterocycles. The minimum Gasteiger partial charge on any atom is -0.493 e. The number of furan rings is 1. The number of rotatable bonds is 5. The molecule has 150 valence electrons. The van der Waals surface area contributed by atoms with Crippen molar-refractivity contribution >= 4 is 32.7 Å². The number of para-hydroxylation sites is 1. The highest BCUT2D eigenvalue weighted by Gasteiger charge is 2.14. The van der Waals surface area contributed by atoms with Gasteiger partial charge in [-0.3, -0.25) is 4.98 Å². The van der Waals surface area contributed by atoms with Crippen molar-refractivity contribution in [3.63, 3.8) is 0 Å². The van der Waals surface area contributed by atoms with E-state index in [-0.39, 0.29) is 0 Å². The second-order valence-corrected chi connectivity index (χ2v) is 7.44. The van der Waals surface area contributed by atoms with Crippen molar-refractivity contribution in [3.05, 3.63) is 77.6 Å². The summed E-state index contributed by atoms with van der Waals surface area (Å²) in [6.07, 6.45) is 3.63. The van der Waals surface area contributed by atoms with Gasteiger partial charge in [-0.1, -0.05) is 31.2 Å². The first kappa shape index (κ1) is 18.5. The van der Waals surface area contributed by atoms with Crippen LogP contribution in [0.1, 0.15) is 23.7 Å². The van der Waals surface area contributed by atoms with Crippen molar-refractivity contribution < 1.29 is 13.9 Å². The molecule has 0 fully saturated rings. The molecule has 0 atom stereocenters. The number of methoxy groups -OCH3 is 2. The van der Waals surface area contributed by atoms with E-state index in [0.29, 0.717) is 0 Å². The van der Waals surface area contributed by atoms with Crippen molar-refractivity contribution in [1.82, 2.24) is 4.98 Å². The maximum Gasteiger partial charge on any atom is 0.161 e. The first-order valence-electron chi connectivity index (χ1n) is 10.1. The lowest BCUT2D eigenvalue weighted by atomic mass is 9.97. The molecule has 4 nitrogen and oxygen atoms in total. The number of hydrogen-bond acceptors (Lipinski definition) is 4. The van der Waals surface area contributed by atoms with Crippen LogP contribution in [-0.2, 0) is 12.8 Å². The van der Waals surface area contributed by atoms with Gasteiger partial charge < -0.3 is 13.9 Å². The Balaban J connectivity index is 1.65. The van der Waals surface area contributed by atoms with Gasteiger partial charge in [-0.15, -0.1) is 0 Å². The van der Waals surface area contributed by atoms with Crippen LogP contribution in [0.3, 0.4) is 0 Å². The first-order valence-corrected chi connectivity index (χ1v) is 10.1. The lowest BCUT2D eigenvalue weighted by Gasteiger charge is -2.14. The van der Waals surface area contributed by atoms with Gasteiger partial charge in [-0.2, -0.15) is 0 Å². The average molecular weight is 397 g/mol. The summed E-state index contributed by atoms with van der Waals surface area (Å²) in [4.78, 5) is 4.74. The lowest BCUT2D eigenvalue weighted by Crippen LogP contribution is -1.98. The molecule has 0 spiro atoms. The molecule has 0 saturated carbocycles. The molecule has 0 aliphatic carbocycles. The monoisotopic (exact) mass is 397 g/mol. The second kappa shape index (κ2) is 7.38. The Labute approximate surface area is 175 Å². The predicted octanol–water partition coefficient (Wildman–Crippen LogP) is 6.30. The Morgan fingerprint density at radius 2 is 1.53 bits per heavy atom. The molecule has 0 N–H and O–H groups in total. The van der Waals surface area contributed by atoms with Crippen LogP contribution in [0.4, 0.5) is 0 Å². The summed E-state index contributed by atoms with van der Waals surface area (Å²) >= 11 is 0.